The van der Waals surface area contributed by atoms with Crippen molar-refractivity contribution in [1.29, 1.82) is 0 Å². The molecule has 0 aliphatic heterocycles. The molecule has 0 radical (unpaired) electrons. The summed E-state index contributed by atoms with van der Waals surface area (Å²) in [5, 5.41) is 13.0. The molecule has 1 N–H and O–H groups in total. The monoisotopic (exact) mass is 292 g/mol. The Hall–Kier alpha value is -1.95. The van der Waals surface area contributed by atoms with E-state index in [0.29, 0.717) is 6.54 Å². The molecule has 0 spiro atoms. The summed E-state index contributed by atoms with van der Waals surface area (Å²) >= 11 is 1.59. The van der Waals surface area contributed by atoms with Gasteiger partial charge in [-0.2, -0.15) is 11.3 Å². The quantitative estimate of drug-likeness (QED) is 0.919. The second-order valence-electron chi connectivity index (χ2n) is 4.79. The van der Waals surface area contributed by atoms with Crippen molar-refractivity contribution >= 4 is 23.1 Å². The molecule has 0 unspecified atom stereocenters. The van der Waals surface area contributed by atoms with Crippen LogP contribution in [0.5, 0.6) is 0 Å². The van der Waals surface area contributed by atoms with Crippen LogP contribution in [0.3, 0.4) is 0 Å². The number of carboxylic acids is 1. The van der Waals surface area contributed by atoms with Gasteiger partial charge in [-0.3, -0.25) is 0 Å². The Morgan fingerprint density at radius 1 is 1.50 bits per heavy atom. The summed E-state index contributed by atoms with van der Waals surface area (Å²) in [5.41, 5.74) is 0.759. The number of carbonyl (C=O) groups is 1. The van der Waals surface area contributed by atoms with Gasteiger partial charge in [0.2, 0.25) is 0 Å². The van der Waals surface area contributed by atoms with Crippen LogP contribution < -0.4 is 4.90 Å². The zero-order valence-corrected chi connectivity index (χ0v) is 11.4. The summed E-state index contributed by atoms with van der Waals surface area (Å²) in [7, 11) is 0. The van der Waals surface area contributed by atoms with Gasteiger partial charge in [0.15, 0.2) is 11.6 Å². The lowest BCUT2D eigenvalue weighted by Gasteiger charge is -2.23. The van der Waals surface area contributed by atoms with Crippen molar-refractivity contribution in [3.8, 4) is 0 Å². The first-order valence-electron chi connectivity index (χ1n) is 6.32. The number of rotatable bonds is 5. The molecular formula is C14H13FN2O2S. The maximum absolute atomic E-state index is 14.3. The Balaban J connectivity index is 1.95. The summed E-state index contributed by atoms with van der Waals surface area (Å²) in [5.74, 6) is -1.88. The minimum atomic E-state index is -1.27. The number of aromatic nitrogens is 1. The van der Waals surface area contributed by atoms with E-state index >= 15 is 0 Å². The Morgan fingerprint density at radius 3 is 2.90 bits per heavy atom. The fourth-order valence-electron chi connectivity index (χ4n) is 2.14. The van der Waals surface area contributed by atoms with Crippen molar-refractivity contribution in [2.24, 2.45) is 0 Å². The number of nitrogens with zero attached hydrogens (tertiary/aromatic N) is 2. The molecule has 2 heterocycles. The van der Waals surface area contributed by atoms with Gasteiger partial charge in [-0.1, -0.05) is 0 Å². The van der Waals surface area contributed by atoms with Gasteiger partial charge in [-0.15, -0.1) is 0 Å². The number of carboxylic acid groups (broad SMARTS) is 1. The maximum atomic E-state index is 14.3. The first-order valence-corrected chi connectivity index (χ1v) is 7.26. The van der Waals surface area contributed by atoms with Crippen molar-refractivity contribution < 1.29 is 14.3 Å². The molecule has 0 bridgehead atoms. The topological polar surface area (TPSA) is 53.4 Å². The molecule has 1 aliphatic rings. The van der Waals surface area contributed by atoms with E-state index in [4.69, 9.17) is 5.11 Å². The molecule has 6 heteroatoms. The van der Waals surface area contributed by atoms with E-state index in [1.165, 1.54) is 12.3 Å². The zero-order valence-electron chi connectivity index (χ0n) is 10.6. The van der Waals surface area contributed by atoms with E-state index in [9.17, 15) is 9.18 Å². The fraction of sp³-hybridized carbons (Fsp3) is 0.286. The lowest BCUT2D eigenvalue weighted by atomic mass is 10.2. The SMILES string of the molecule is O=C(O)c1ccnc(N(Cc2ccsc2)C2CC2)c1F. The minimum absolute atomic E-state index is 0.138. The minimum Gasteiger partial charge on any atom is -0.478 e. The molecule has 0 aromatic carbocycles. The number of hydrogen-bond donors (Lipinski definition) is 1. The molecule has 1 fully saturated rings. The highest BCUT2D eigenvalue weighted by Gasteiger charge is 2.32. The second-order valence-corrected chi connectivity index (χ2v) is 5.57. The molecule has 1 aliphatic carbocycles. The van der Waals surface area contributed by atoms with Crippen LogP contribution in [-0.2, 0) is 6.54 Å². The number of anilines is 1. The highest BCUT2D eigenvalue weighted by Crippen LogP contribution is 2.34. The molecule has 1 saturated carbocycles. The zero-order chi connectivity index (χ0) is 14.1. The van der Waals surface area contributed by atoms with Crippen LogP contribution in [0.25, 0.3) is 0 Å². The van der Waals surface area contributed by atoms with Gasteiger partial charge in [0.25, 0.3) is 0 Å². The summed E-state index contributed by atoms with van der Waals surface area (Å²) in [6.45, 7) is 0.557. The molecule has 104 valence electrons. The average molecular weight is 292 g/mol. The normalized spacial score (nSPS) is 14.2. The Morgan fingerprint density at radius 2 is 2.30 bits per heavy atom. The largest absolute Gasteiger partial charge is 0.478 e. The van der Waals surface area contributed by atoms with Crippen LogP contribution >= 0.6 is 11.3 Å². The second kappa shape index (κ2) is 5.20. The van der Waals surface area contributed by atoms with Crippen LogP contribution in [0.1, 0.15) is 28.8 Å². The van der Waals surface area contributed by atoms with E-state index in [-0.39, 0.29) is 17.4 Å². The van der Waals surface area contributed by atoms with Gasteiger partial charge in [0, 0.05) is 18.8 Å². The van der Waals surface area contributed by atoms with Gasteiger partial charge in [0.1, 0.15) is 5.56 Å². The number of hydrogen-bond acceptors (Lipinski definition) is 4. The molecule has 0 saturated heterocycles. The van der Waals surface area contributed by atoms with E-state index in [2.05, 4.69) is 4.98 Å². The Kier molecular flexibility index (Phi) is 3.40. The number of thiophene rings is 1. The maximum Gasteiger partial charge on any atom is 0.338 e. The highest BCUT2D eigenvalue weighted by atomic mass is 32.1. The van der Waals surface area contributed by atoms with Crippen molar-refractivity contribution in [3.05, 3.63) is 46.0 Å². The van der Waals surface area contributed by atoms with Gasteiger partial charge < -0.3 is 10.0 Å². The van der Waals surface area contributed by atoms with Gasteiger partial charge >= 0.3 is 5.97 Å². The summed E-state index contributed by atoms with van der Waals surface area (Å²) in [6.07, 6.45) is 3.33. The van der Waals surface area contributed by atoms with Crippen LogP contribution in [0.15, 0.2) is 29.1 Å². The lowest BCUT2D eigenvalue weighted by molar-refractivity contribution is 0.0691. The van der Waals surface area contributed by atoms with Crippen molar-refractivity contribution in [3.63, 3.8) is 0 Å². The first-order chi connectivity index (χ1) is 9.66. The summed E-state index contributed by atoms with van der Waals surface area (Å²) in [4.78, 5) is 16.9. The van der Waals surface area contributed by atoms with Crippen LogP contribution in [0.4, 0.5) is 10.2 Å². The molecule has 0 atom stereocenters. The van der Waals surface area contributed by atoms with Crippen molar-refractivity contribution in [1.82, 2.24) is 4.98 Å². The van der Waals surface area contributed by atoms with E-state index < -0.39 is 11.8 Å². The van der Waals surface area contributed by atoms with Gasteiger partial charge in [-0.05, 0) is 41.3 Å². The van der Waals surface area contributed by atoms with E-state index in [1.807, 2.05) is 21.7 Å². The molecule has 3 rings (SSSR count). The van der Waals surface area contributed by atoms with Crippen LogP contribution in [0, 0.1) is 5.82 Å². The molecule has 0 amide bonds. The molecule has 2 aromatic rings. The predicted molar refractivity (Wildman–Crippen MR) is 74.7 cm³/mol. The first kappa shape index (κ1) is 13.1. The van der Waals surface area contributed by atoms with E-state index in [1.54, 1.807) is 11.3 Å². The summed E-state index contributed by atoms with van der Waals surface area (Å²) < 4.78 is 14.3. The molecule has 4 nitrogen and oxygen atoms in total. The van der Waals surface area contributed by atoms with Crippen molar-refractivity contribution in [2.75, 3.05) is 4.90 Å². The van der Waals surface area contributed by atoms with Crippen LogP contribution in [-0.4, -0.2) is 22.1 Å². The van der Waals surface area contributed by atoms with Crippen LogP contribution in [0.2, 0.25) is 0 Å². The van der Waals surface area contributed by atoms with Gasteiger partial charge in [-0.25, -0.2) is 14.2 Å². The third-order valence-electron chi connectivity index (χ3n) is 3.29. The molecule has 20 heavy (non-hydrogen) atoms. The summed E-state index contributed by atoms with van der Waals surface area (Å²) in [6, 6.07) is 3.43. The van der Waals surface area contributed by atoms with E-state index in [0.717, 1.165) is 18.4 Å². The highest BCUT2D eigenvalue weighted by molar-refractivity contribution is 7.07. The standard InChI is InChI=1S/C14H13FN2O2S/c15-12-11(14(18)19)3-5-16-13(12)17(10-1-2-10)7-9-4-6-20-8-9/h3-6,8,10H,1-2,7H2,(H,18,19). The fourth-order valence-corrected chi connectivity index (χ4v) is 2.80. The lowest BCUT2D eigenvalue weighted by Crippen LogP contribution is -2.27. The number of aromatic carboxylic acids is 1. The van der Waals surface area contributed by atoms with Crippen molar-refractivity contribution in [2.45, 2.75) is 25.4 Å². The third kappa shape index (κ3) is 2.51. The predicted octanol–water partition coefficient (Wildman–Crippen LogP) is 3.15. The smallest absolute Gasteiger partial charge is 0.338 e. The average Bonchev–Trinajstić information content (AvgIpc) is 3.14. The number of pyridine rings is 1. The Bertz CT molecular complexity index is 626. The molecular weight excluding hydrogens is 279 g/mol. The number of halogens is 1. The molecule has 2 aromatic heterocycles. The third-order valence-corrected chi connectivity index (χ3v) is 4.03. The van der Waals surface area contributed by atoms with Gasteiger partial charge in [0.05, 0.1) is 0 Å². The Labute approximate surface area is 119 Å².